The van der Waals surface area contributed by atoms with Gasteiger partial charge in [0.25, 0.3) is 0 Å². The summed E-state index contributed by atoms with van der Waals surface area (Å²) >= 11 is 0. The number of hydrogen-bond donors (Lipinski definition) is 1. The molecule has 100 valence electrons. The maximum Gasteiger partial charge on any atom is 0.337 e. The van der Waals surface area contributed by atoms with E-state index in [0.29, 0.717) is 17.5 Å². The van der Waals surface area contributed by atoms with Gasteiger partial charge in [0.1, 0.15) is 11.0 Å². The second-order valence-electron chi connectivity index (χ2n) is 4.57. The topological polar surface area (TPSA) is 102 Å². The molecule has 1 aromatic carbocycles. The Morgan fingerprint density at radius 1 is 1.42 bits per heavy atom. The first kappa shape index (κ1) is 12.1. The predicted octanol–water partition coefficient (Wildman–Crippen LogP) is 0.489. The van der Waals surface area contributed by atoms with Crippen LogP contribution in [0.25, 0.3) is 11.0 Å². The van der Waals surface area contributed by atoms with E-state index < -0.39 is 15.8 Å². The van der Waals surface area contributed by atoms with E-state index in [1.807, 2.05) is 0 Å². The highest BCUT2D eigenvalue weighted by Gasteiger charge is 2.31. The van der Waals surface area contributed by atoms with E-state index in [1.54, 1.807) is 12.1 Å². The van der Waals surface area contributed by atoms with Crippen molar-refractivity contribution in [2.24, 2.45) is 0 Å². The van der Waals surface area contributed by atoms with Crippen molar-refractivity contribution in [3.8, 4) is 0 Å². The minimum absolute atomic E-state index is 0.0145. The number of nitrogens with zero attached hydrogens (tertiary/aromatic N) is 3. The van der Waals surface area contributed by atoms with Gasteiger partial charge in [-0.3, -0.25) is 0 Å². The molecular formula is C11H11N3O4S. The fraction of sp³-hybridized carbons (Fsp3) is 0.364. The van der Waals surface area contributed by atoms with Gasteiger partial charge in [-0.15, -0.1) is 5.10 Å². The van der Waals surface area contributed by atoms with Crippen molar-refractivity contribution in [2.75, 3.05) is 11.5 Å². The molecule has 7 nitrogen and oxygen atoms in total. The standard InChI is InChI=1S/C11H11N3O4S/c15-11(16)8-2-1-3-9-10(8)14(13-12-9)7-4-5-19(17,18)6-7/h1-3,7H,4-6H2,(H,15,16). The molecule has 8 heteroatoms. The Balaban J connectivity index is 2.17. The van der Waals surface area contributed by atoms with Crippen molar-refractivity contribution in [1.29, 1.82) is 0 Å². The number of carboxylic acids is 1. The normalized spacial score (nSPS) is 21.8. The molecule has 2 aromatic rings. The lowest BCUT2D eigenvalue weighted by atomic mass is 10.1. The van der Waals surface area contributed by atoms with Crippen molar-refractivity contribution in [3.05, 3.63) is 23.8 Å². The zero-order valence-corrected chi connectivity index (χ0v) is 10.7. The van der Waals surface area contributed by atoms with Gasteiger partial charge in [0.2, 0.25) is 0 Å². The van der Waals surface area contributed by atoms with E-state index in [-0.39, 0.29) is 23.1 Å². The van der Waals surface area contributed by atoms with Crippen LogP contribution in [0.15, 0.2) is 18.2 Å². The number of rotatable bonds is 2. The van der Waals surface area contributed by atoms with Gasteiger partial charge in [-0.1, -0.05) is 11.3 Å². The number of sulfone groups is 1. The van der Waals surface area contributed by atoms with Crippen LogP contribution in [0.3, 0.4) is 0 Å². The lowest BCUT2D eigenvalue weighted by Gasteiger charge is -2.09. The molecule has 3 rings (SSSR count). The molecule has 1 N–H and O–H groups in total. The van der Waals surface area contributed by atoms with Crippen LogP contribution in [0.5, 0.6) is 0 Å². The van der Waals surface area contributed by atoms with Crippen molar-refractivity contribution in [1.82, 2.24) is 15.0 Å². The number of aromatic nitrogens is 3. The molecule has 1 aliphatic rings. The molecule has 2 heterocycles. The lowest BCUT2D eigenvalue weighted by Crippen LogP contribution is -2.14. The SMILES string of the molecule is O=C(O)c1cccc2nnn(C3CCS(=O)(=O)C3)c12. The molecule has 1 saturated heterocycles. The molecule has 0 aliphatic carbocycles. The van der Waals surface area contributed by atoms with Crippen molar-refractivity contribution in [3.63, 3.8) is 0 Å². The molecule has 1 aliphatic heterocycles. The number of carboxylic acid groups (broad SMARTS) is 1. The quantitative estimate of drug-likeness (QED) is 0.859. The van der Waals surface area contributed by atoms with Crippen LogP contribution in [-0.4, -0.2) is 46.0 Å². The minimum Gasteiger partial charge on any atom is -0.478 e. The average Bonchev–Trinajstić information content (AvgIpc) is 2.91. The second-order valence-corrected chi connectivity index (χ2v) is 6.80. The molecule has 0 amide bonds. The molecule has 1 atom stereocenters. The fourth-order valence-electron chi connectivity index (χ4n) is 2.39. The third kappa shape index (κ3) is 1.97. The zero-order valence-electron chi connectivity index (χ0n) is 9.85. The van der Waals surface area contributed by atoms with E-state index in [0.717, 1.165) is 0 Å². The summed E-state index contributed by atoms with van der Waals surface area (Å²) in [4.78, 5) is 11.2. The maximum absolute atomic E-state index is 11.5. The van der Waals surface area contributed by atoms with Gasteiger partial charge in [0, 0.05) is 0 Å². The molecule has 1 aromatic heterocycles. The Morgan fingerprint density at radius 3 is 2.84 bits per heavy atom. The summed E-state index contributed by atoms with van der Waals surface area (Å²) in [6.07, 6.45) is 0.439. The minimum atomic E-state index is -3.06. The van der Waals surface area contributed by atoms with E-state index in [1.165, 1.54) is 10.7 Å². The van der Waals surface area contributed by atoms with Crippen molar-refractivity contribution in [2.45, 2.75) is 12.5 Å². The van der Waals surface area contributed by atoms with Gasteiger partial charge in [-0.05, 0) is 18.6 Å². The van der Waals surface area contributed by atoms with Crippen molar-refractivity contribution >= 4 is 26.8 Å². The third-order valence-corrected chi connectivity index (χ3v) is 5.03. The Labute approximate surface area is 108 Å². The summed E-state index contributed by atoms with van der Waals surface area (Å²) in [5, 5.41) is 17.0. The average molecular weight is 281 g/mol. The van der Waals surface area contributed by atoms with Crippen LogP contribution in [0.1, 0.15) is 22.8 Å². The van der Waals surface area contributed by atoms with E-state index in [4.69, 9.17) is 0 Å². The van der Waals surface area contributed by atoms with Gasteiger partial charge < -0.3 is 5.11 Å². The molecule has 1 fully saturated rings. The van der Waals surface area contributed by atoms with Crippen LogP contribution < -0.4 is 0 Å². The number of para-hydroxylation sites is 1. The number of carbonyl (C=O) groups is 1. The predicted molar refractivity (Wildman–Crippen MR) is 66.8 cm³/mol. The van der Waals surface area contributed by atoms with Crippen LogP contribution in [-0.2, 0) is 9.84 Å². The number of benzene rings is 1. The van der Waals surface area contributed by atoms with Gasteiger partial charge in [-0.25, -0.2) is 17.9 Å². The summed E-state index contributed by atoms with van der Waals surface area (Å²) in [6.45, 7) is 0. The van der Waals surface area contributed by atoms with E-state index in [2.05, 4.69) is 10.3 Å². The highest BCUT2D eigenvalue weighted by atomic mass is 32.2. The molecule has 19 heavy (non-hydrogen) atoms. The van der Waals surface area contributed by atoms with Gasteiger partial charge in [-0.2, -0.15) is 0 Å². The summed E-state index contributed by atoms with van der Waals surface area (Å²) < 4.78 is 24.5. The largest absolute Gasteiger partial charge is 0.478 e. The first-order chi connectivity index (χ1) is 8.98. The van der Waals surface area contributed by atoms with Crippen LogP contribution in [0, 0.1) is 0 Å². The van der Waals surface area contributed by atoms with Gasteiger partial charge >= 0.3 is 5.97 Å². The molecule has 1 unspecified atom stereocenters. The summed E-state index contributed by atoms with van der Waals surface area (Å²) in [6, 6.07) is 4.38. The second kappa shape index (κ2) is 4.02. The number of fused-ring (bicyclic) bond motifs is 1. The van der Waals surface area contributed by atoms with E-state index >= 15 is 0 Å². The molecule has 0 saturated carbocycles. The Kier molecular flexibility index (Phi) is 2.56. The smallest absolute Gasteiger partial charge is 0.337 e. The number of hydrogen-bond acceptors (Lipinski definition) is 5. The van der Waals surface area contributed by atoms with E-state index in [9.17, 15) is 18.3 Å². The number of aromatic carboxylic acids is 1. The zero-order chi connectivity index (χ0) is 13.6. The summed E-state index contributed by atoms with van der Waals surface area (Å²) in [5.41, 5.74) is 0.938. The Hall–Kier alpha value is -1.96. The summed E-state index contributed by atoms with van der Waals surface area (Å²) in [7, 11) is -3.06. The molecule has 0 bridgehead atoms. The van der Waals surface area contributed by atoms with Crippen LogP contribution in [0.4, 0.5) is 0 Å². The molecular weight excluding hydrogens is 270 g/mol. The monoisotopic (exact) mass is 281 g/mol. The lowest BCUT2D eigenvalue weighted by molar-refractivity contribution is 0.0698. The Morgan fingerprint density at radius 2 is 2.21 bits per heavy atom. The van der Waals surface area contributed by atoms with Gasteiger partial charge in [0.05, 0.1) is 23.1 Å². The Bertz CT molecular complexity index is 765. The molecule has 0 spiro atoms. The maximum atomic E-state index is 11.5. The molecule has 0 radical (unpaired) electrons. The first-order valence-corrected chi connectivity index (χ1v) is 7.58. The first-order valence-electron chi connectivity index (χ1n) is 5.75. The van der Waals surface area contributed by atoms with Gasteiger partial charge in [0.15, 0.2) is 9.84 Å². The highest BCUT2D eigenvalue weighted by Crippen LogP contribution is 2.27. The summed E-state index contributed by atoms with van der Waals surface area (Å²) in [5.74, 6) is -0.983. The third-order valence-electron chi connectivity index (χ3n) is 3.28. The highest BCUT2D eigenvalue weighted by molar-refractivity contribution is 7.91. The van der Waals surface area contributed by atoms with Crippen LogP contribution >= 0.6 is 0 Å². The van der Waals surface area contributed by atoms with Crippen LogP contribution in [0.2, 0.25) is 0 Å². The fourth-order valence-corrected chi connectivity index (χ4v) is 4.08. The van der Waals surface area contributed by atoms with Crippen molar-refractivity contribution < 1.29 is 18.3 Å².